The molecule has 6 rings (SSSR count). The molecule has 11 nitrogen and oxygen atoms in total. The molecule has 1 atom stereocenters. The van der Waals surface area contributed by atoms with Crippen molar-refractivity contribution in [2.24, 2.45) is 0 Å². The molecule has 42 heavy (non-hydrogen) atoms. The van der Waals surface area contributed by atoms with Crippen molar-refractivity contribution in [3.63, 3.8) is 0 Å². The Kier molecular flexibility index (Phi) is 8.41. The fourth-order valence-corrected chi connectivity index (χ4v) is 5.87. The Morgan fingerprint density at radius 1 is 1.12 bits per heavy atom. The zero-order valence-electron chi connectivity index (χ0n) is 21.7. The molecule has 0 radical (unpaired) electrons. The predicted molar refractivity (Wildman–Crippen MR) is 151 cm³/mol. The van der Waals surface area contributed by atoms with Crippen LogP contribution in [0.2, 0.25) is 0 Å². The number of piperazine rings is 1. The minimum Gasteiger partial charge on any atom is -0.490 e. The summed E-state index contributed by atoms with van der Waals surface area (Å²) in [7, 11) is 0. The molecule has 1 saturated heterocycles. The molecule has 0 amide bonds. The summed E-state index contributed by atoms with van der Waals surface area (Å²) in [4.78, 5) is 20.7. The molecular formula is C27H30F3N7O4S. The number of aromatic nitrogens is 4. The fraction of sp³-hybridized carbons (Fsp3) is 0.407. The summed E-state index contributed by atoms with van der Waals surface area (Å²) < 4.78 is 51.9. The lowest BCUT2D eigenvalue weighted by atomic mass is 10.2. The molecule has 1 unspecified atom stereocenters. The summed E-state index contributed by atoms with van der Waals surface area (Å²) in [6.45, 7) is 5.04. The molecule has 224 valence electrons. The molecule has 3 aromatic heterocycles. The summed E-state index contributed by atoms with van der Waals surface area (Å²) in [5.41, 5.74) is 0.549. The molecule has 1 N–H and O–H groups in total. The second-order valence-corrected chi connectivity index (χ2v) is 11.0. The first-order chi connectivity index (χ1) is 19.7. The van der Waals surface area contributed by atoms with Gasteiger partial charge in [-0.3, -0.25) is 14.6 Å². The highest BCUT2D eigenvalue weighted by Crippen LogP contribution is 2.33. The number of H-pyrrole nitrogens is 1. The quantitative estimate of drug-likeness (QED) is 0.208. The first-order valence-electron chi connectivity index (χ1n) is 13.0. The number of anilines is 1. The first kappa shape index (κ1) is 29.4. The number of nitrogens with zero attached hydrogens (tertiary/aromatic N) is 6. The van der Waals surface area contributed by atoms with E-state index in [1.807, 2.05) is 36.4 Å². The minimum atomic E-state index is -4.44. The lowest BCUT2D eigenvalue weighted by Gasteiger charge is -2.36. The average Bonchev–Trinajstić information content (AvgIpc) is 3.72. The first-order valence-corrected chi connectivity index (χ1v) is 13.8. The number of nitrogens with one attached hydrogen (secondary N) is 1. The number of halogens is 3. The van der Waals surface area contributed by atoms with Gasteiger partial charge in [-0.05, 0) is 47.4 Å². The maximum absolute atomic E-state index is 12.9. The van der Waals surface area contributed by atoms with E-state index in [-0.39, 0.29) is 25.4 Å². The normalized spacial score (nSPS) is 17.3. The highest BCUT2D eigenvalue weighted by atomic mass is 32.1. The number of hydrogen-bond donors (Lipinski definition) is 1. The number of rotatable bonds is 8. The molecule has 2 aliphatic rings. The van der Waals surface area contributed by atoms with Crippen LogP contribution in [0.1, 0.15) is 24.4 Å². The van der Waals surface area contributed by atoms with Crippen molar-refractivity contribution in [3.8, 4) is 22.3 Å². The number of fused-ring (bicyclic) bond motifs is 1. The molecule has 1 aromatic carbocycles. The number of thiophene rings is 1. The summed E-state index contributed by atoms with van der Waals surface area (Å²) in [5, 5.41) is 16.8. The third kappa shape index (κ3) is 6.51. The van der Waals surface area contributed by atoms with E-state index < -0.39 is 16.8 Å². The third-order valence-electron chi connectivity index (χ3n) is 7.07. The minimum absolute atomic E-state index is 0. The van der Waals surface area contributed by atoms with Gasteiger partial charge in [0.2, 0.25) is 0 Å². The summed E-state index contributed by atoms with van der Waals surface area (Å²) in [6, 6.07) is 12.9. The Hall–Kier alpha value is -4.11. The number of imidazole rings is 1. The van der Waals surface area contributed by atoms with Crippen molar-refractivity contribution in [1.29, 1.82) is 0 Å². The van der Waals surface area contributed by atoms with Gasteiger partial charge < -0.3 is 24.5 Å². The van der Waals surface area contributed by atoms with Crippen LogP contribution in [0.4, 0.5) is 24.7 Å². The van der Waals surface area contributed by atoms with Crippen molar-refractivity contribution >= 4 is 22.8 Å². The SMILES string of the molecule is C.O=[N+]([O-])c1cn2c(n1)OC(COc1ccc(N3CCN(Cc4ccc(-c5cc(C(F)(F)F)[nH]n5)s4)CC3)cc1)CC2. The van der Waals surface area contributed by atoms with E-state index in [2.05, 4.69) is 25.0 Å². The zero-order chi connectivity index (χ0) is 28.6. The van der Waals surface area contributed by atoms with E-state index in [0.29, 0.717) is 35.9 Å². The smallest absolute Gasteiger partial charge is 0.432 e. The van der Waals surface area contributed by atoms with Crippen molar-refractivity contribution < 1.29 is 27.6 Å². The van der Waals surface area contributed by atoms with Crippen LogP contribution < -0.4 is 14.4 Å². The molecule has 4 aromatic rings. The van der Waals surface area contributed by atoms with E-state index in [4.69, 9.17) is 9.47 Å². The van der Waals surface area contributed by atoms with Gasteiger partial charge in [0.15, 0.2) is 0 Å². The lowest BCUT2D eigenvalue weighted by molar-refractivity contribution is -0.389. The highest BCUT2D eigenvalue weighted by molar-refractivity contribution is 7.15. The van der Waals surface area contributed by atoms with Crippen LogP contribution in [0.5, 0.6) is 11.8 Å². The van der Waals surface area contributed by atoms with Crippen LogP contribution in [0.25, 0.3) is 10.6 Å². The van der Waals surface area contributed by atoms with Crippen LogP contribution in [-0.4, -0.2) is 68.5 Å². The van der Waals surface area contributed by atoms with Crippen LogP contribution >= 0.6 is 11.3 Å². The Morgan fingerprint density at radius 3 is 2.57 bits per heavy atom. The highest BCUT2D eigenvalue weighted by Gasteiger charge is 2.33. The topological polar surface area (TPSA) is 115 Å². The maximum Gasteiger partial charge on any atom is 0.432 e. The Morgan fingerprint density at radius 2 is 1.88 bits per heavy atom. The van der Waals surface area contributed by atoms with E-state index in [1.165, 1.54) is 17.5 Å². The van der Waals surface area contributed by atoms with Crippen molar-refractivity contribution in [1.82, 2.24) is 24.6 Å². The number of aromatic amines is 1. The third-order valence-corrected chi connectivity index (χ3v) is 8.16. The zero-order valence-corrected chi connectivity index (χ0v) is 22.5. The summed E-state index contributed by atoms with van der Waals surface area (Å²) >= 11 is 1.46. The molecule has 1 fully saturated rings. The van der Waals surface area contributed by atoms with Gasteiger partial charge in [-0.2, -0.15) is 18.3 Å². The van der Waals surface area contributed by atoms with Gasteiger partial charge in [0.25, 0.3) is 0 Å². The second kappa shape index (κ2) is 12.0. The molecule has 5 heterocycles. The van der Waals surface area contributed by atoms with Crippen molar-refractivity contribution in [2.45, 2.75) is 39.2 Å². The van der Waals surface area contributed by atoms with E-state index >= 15 is 0 Å². The maximum atomic E-state index is 12.9. The number of benzene rings is 1. The average molecular weight is 606 g/mol. The summed E-state index contributed by atoms with van der Waals surface area (Å²) in [5.74, 6) is 0.485. The molecule has 0 spiro atoms. The number of ether oxygens (including phenoxy) is 2. The number of nitro groups is 1. The van der Waals surface area contributed by atoms with Gasteiger partial charge in [0.05, 0.1) is 4.88 Å². The van der Waals surface area contributed by atoms with Gasteiger partial charge in [-0.1, -0.05) is 7.43 Å². The van der Waals surface area contributed by atoms with Crippen LogP contribution in [-0.2, 0) is 19.3 Å². The van der Waals surface area contributed by atoms with Gasteiger partial charge in [0, 0.05) is 61.2 Å². The van der Waals surface area contributed by atoms with Crippen molar-refractivity contribution in [2.75, 3.05) is 37.7 Å². The van der Waals surface area contributed by atoms with Crippen molar-refractivity contribution in [3.05, 3.63) is 69.3 Å². The van der Waals surface area contributed by atoms with Crippen LogP contribution in [0, 0.1) is 10.1 Å². The molecular weight excluding hydrogens is 575 g/mol. The van der Waals surface area contributed by atoms with E-state index in [1.54, 1.807) is 4.57 Å². The van der Waals surface area contributed by atoms with E-state index in [9.17, 15) is 23.3 Å². The predicted octanol–water partition coefficient (Wildman–Crippen LogP) is 5.45. The van der Waals surface area contributed by atoms with E-state index in [0.717, 1.165) is 49.4 Å². The number of alkyl halides is 3. The molecule has 15 heteroatoms. The van der Waals surface area contributed by atoms with Gasteiger partial charge >= 0.3 is 18.0 Å². The fourth-order valence-electron chi connectivity index (χ4n) is 4.86. The second-order valence-electron chi connectivity index (χ2n) is 9.86. The van der Waals surface area contributed by atoms with Gasteiger partial charge in [0.1, 0.15) is 36.0 Å². The Bertz CT molecular complexity index is 1510. The molecule has 0 saturated carbocycles. The molecule has 0 aliphatic carbocycles. The standard InChI is InChI=1S/C26H26F3N7O4S.CH4/c27-26(28,29)23-13-21(31-32-23)22-6-5-20(41-22)14-33-9-11-34(12-10-33)17-1-3-18(4-2-17)39-16-19-7-8-35-15-24(36(37)38)30-25(35)40-19;/h1-6,13,15,19H,7-12,14,16H2,(H,31,32);1H4. The van der Waals surface area contributed by atoms with Crippen LogP contribution in [0.3, 0.4) is 0 Å². The molecule has 2 aliphatic heterocycles. The summed E-state index contributed by atoms with van der Waals surface area (Å²) in [6.07, 6.45) is -2.64. The number of aryl methyl sites for hydroxylation is 1. The number of hydrogen-bond acceptors (Lipinski definition) is 9. The van der Waals surface area contributed by atoms with Gasteiger partial charge in [-0.15, -0.1) is 11.3 Å². The lowest BCUT2D eigenvalue weighted by Crippen LogP contribution is -2.45. The van der Waals surface area contributed by atoms with Gasteiger partial charge in [-0.25, -0.2) is 0 Å². The Labute approximate surface area is 243 Å². The Balaban J connectivity index is 0.00000353. The largest absolute Gasteiger partial charge is 0.490 e. The molecule has 0 bridgehead atoms. The van der Waals surface area contributed by atoms with Crippen LogP contribution in [0.15, 0.2) is 48.7 Å². The monoisotopic (exact) mass is 605 g/mol.